The van der Waals surface area contributed by atoms with E-state index in [9.17, 15) is 9.59 Å². The highest BCUT2D eigenvalue weighted by atomic mass is 16.2. The van der Waals surface area contributed by atoms with Crippen molar-refractivity contribution >= 4 is 28.8 Å². The first-order valence-corrected chi connectivity index (χ1v) is 11.8. The normalized spacial score (nSPS) is 17.5. The van der Waals surface area contributed by atoms with Gasteiger partial charge in [0, 0.05) is 43.6 Å². The van der Waals surface area contributed by atoms with Gasteiger partial charge in [0.2, 0.25) is 0 Å². The topological polar surface area (TPSA) is 55.9 Å². The maximum absolute atomic E-state index is 13.3. The molecule has 2 aromatic carbocycles. The van der Waals surface area contributed by atoms with Crippen LogP contribution in [0.4, 0.5) is 11.4 Å². The lowest BCUT2D eigenvalue weighted by atomic mass is 9.99. The molecule has 2 aliphatic heterocycles. The van der Waals surface area contributed by atoms with Crippen LogP contribution in [0.2, 0.25) is 0 Å². The summed E-state index contributed by atoms with van der Waals surface area (Å²) in [5.41, 5.74) is 5.79. The van der Waals surface area contributed by atoms with Gasteiger partial charge in [0.1, 0.15) is 5.70 Å². The quantitative estimate of drug-likeness (QED) is 0.679. The number of nitrogens with one attached hydrogen (secondary N) is 1. The van der Waals surface area contributed by atoms with E-state index in [4.69, 9.17) is 0 Å². The van der Waals surface area contributed by atoms with Gasteiger partial charge < -0.3 is 15.1 Å². The van der Waals surface area contributed by atoms with E-state index in [1.54, 1.807) is 0 Å². The number of carbonyl (C=O) groups excluding carboxylic acids is 2. The number of rotatable bonds is 6. The van der Waals surface area contributed by atoms with Gasteiger partial charge in [-0.3, -0.25) is 14.5 Å². The number of aryl methyl sites for hydroxylation is 2. The second-order valence-electron chi connectivity index (χ2n) is 9.22. The Hall–Kier alpha value is -3.12. The van der Waals surface area contributed by atoms with E-state index in [1.165, 1.54) is 10.6 Å². The number of amides is 2. The third-order valence-corrected chi connectivity index (χ3v) is 6.75. The summed E-state index contributed by atoms with van der Waals surface area (Å²) < 4.78 is 0. The highest BCUT2D eigenvalue weighted by Gasteiger charge is 2.40. The van der Waals surface area contributed by atoms with Crippen LogP contribution in [0, 0.1) is 13.8 Å². The van der Waals surface area contributed by atoms with Gasteiger partial charge in [-0.05, 0) is 75.2 Å². The molecule has 2 aromatic rings. The van der Waals surface area contributed by atoms with Gasteiger partial charge in [-0.15, -0.1) is 0 Å². The van der Waals surface area contributed by atoms with Crippen LogP contribution in [0.3, 0.4) is 0 Å². The molecule has 174 valence electrons. The first-order valence-electron chi connectivity index (χ1n) is 11.8. The lowest BCUT2D eigenvalue weighted by Gasteiger charge is -2.35. The first-order chi connectivity index (χ1) is 15.8. The fourth-order valence-corrected chi connectivity index (χ4v) is 4.52. The highest BCUT2D eigenvalue weighted by molar-refractivity contribution is 6.36. The van der Waals surface area contributed by atoms with Gasteiger partial charge in [-0.1, -0.05) is 25.1 Å². The predicted molar refractivity (Wildman–Crippen MR) is 134 cm³/mol. The van der Waals surface area contributed by atoms with Crippen LogP contribution in [0.15, 0.2) is 48.2 Å². The summed E-state index contributed by atoms with van der Waals surface area (Å²) in [6, 6.07) is 13.8. The number of benzene rings is 2. The number of piperazine rings is 1. The molecule has 33 heavy (non-hydrogen) atoms. The molecule has 1 fully saturated rings. The fourth-order valence-electron chi connectivity index (χ4n) is 4.52. The molecule has 4 rings (SSSR count). The van der Waals surface area contributed by atoms with E-state index in [0.29, 0.717) is 11.3 Å². The highest BCUT2D eigenvalue weighted by Crippen LogP contribution is 2.33. The molecule has 2 amide bonds. The second-order valence-corrected chi connectivity index (χ2v) is 9.22. The van der Waals surface area contributed by atoms with Crippen LogP contribution >= 0.6 is 0 Å². The van der Waals surface area contributed by atoms with Crippen molar-refractivity contribution in [2.75, 3.05) is 42.9 Å². The number of hydrogen-bond donors (Lipinski definition) is 1. The average Bonchev–Trinajstić information content (AvgIpc) is 3.05. The number of hydrogen-bond acceptors (Lipinski definition) is 5. The van der Waals surface area contributed by atoms with Gasteiger partial charge in [0.15, 0.2) is 0 Å². The molecule has 0 saturated carbocycles. The molecule has 0 unspecified atom stereocenters. The molecule has 6 heteroatoms. The molecule has 1 saturated heterocycles. The van der Waals surface area contributed by atoms with Crippen molar-refractivity contribution in [3.63, 3.8) is 0 Å². The number of likely N-dealkylation sites (N-methyl/N-ethyl adjacent to an activating group) is 1. The Morgan fingerprint density at radius 1 is 0.879 bits per heavy atom. The van der Waals surface area contributed by atoms with Crippen LogP contribution in [-0.2, 0) is 9.59 Å². The Balaban J connectivity index is 1.62. The molecule has 2 heterocycles. The Labute approximate surface area is 196 Å². The Morgan fingerprint density at radius 2 is 1.55 bits per heavy atom. The standard InChI is InChI=1S/C27H34N4O2/c1-6-29-13-15-30(16-14-29)23-11-9-22(10-12-23)28-25-24(21-8-7-19(4)20(5)17-21)26(32)31(18(2)3)27(25)33/h7-12,17-18,28H,6,13-16H2,1-5H3. The molecule has 0 radical (unpaired) electrons. The monoisotopic (exact) mass is 446 g/mol. The summed E-state index contributed by atoms with van der Waals surface area (Å²) in [6.07, 6.45) is 0. The lowest BCUT2D eigenvalue weighted by molar-refractivity contribution is -0.138. The molecular weight excluding hydrogens is 412 g/mol. The molecule has 0 aliphatic carbocycles. The SMILES string of the molecule is CCN1CCN(c2ccc(NC3=C(c4ccc(C)c(C)c4)C(=O)N(C(C)C)C3=O)cc2)CC1. The zero-order valence-corrected chi connectivity index (χ0v) is 20.3. The van der Waals surface area contributed by atoms with E-state index < -0.39 is 0 Å². The van der Waals surface area contributed by atoms with Crippen LogP contribution in [-0.4, -0.2) is 60.4 Å². The molecule has 2 aliphatic rings. The molecule has 0 bridgehead atoms. The van der Waals surface area contributed by atoms with E-state index >= 15 is 0 Å². The van der Waals surface area contributed by atoms with Crippen molar-refractivity contribution in [2.24, 2.45) is 0 Å². The average molecular weight is 447 g/mol. The van der Waals surface area contributed by atoms with E-state index in [1.807, 2.05) is 58.0 Å². The van der Waals surface area contributed by atoms with Gasteiger partial charge in [0.25, 0.3) is 11.8 Å². The molecule has 0 atom stereocenters. The second kappa shape index (κ2) is 9.40. The summed E-state index contributed by atoms with van der Waals surface area (Å²) in [5.74, 6) is -0.519. The first kappa shape index (κ1) is 23.1. The Kier molecular flexibility index (Phi) is 6.56. The van der Waals surface area contributed by atoms with Gasteiger partial charge in [-0.25, -0.2) is 0 Å². The summed E-state index contributed by atoms with van der Waals surface area (Å²) in [5, 5.41) is 3.28. The Morgan fingerprint density at radius 3 is 2.12 bits per heavy atom. The fraction of sp³-hybridized carbons (Fsp3) is 0.407. The van der Waals surface area contributed by atoms with Gasteiger partial charge in [-0.2, -0.15) is 0 Å². The third kappa shape index (κ3) is 4.53. The Bertz CT molecular complexity index is 1080. The maximum atomic E-state index is 13.3. The zero-order valence-electron chi connectivity index (χ0n) is 20.3. The van der Waals surface area contributed by atoms with Crippen molar-refractivity contribution < 1.29 is 9.59 Å². The summed E-state index contributed by atoms with van der Waals surface area (Å²) in [7, 11) is 0. The van der Waals surface area contributed by atoms with Crippen LogP contribution in [0.5, 0.6) is 0 Å². The van der Waals surface area contributed by atoms with Crippen molar-refractivity contribution in [3.8, 4) is 0 Å². The largest absolute Gasteiger partial charge is 0.369 e. The van der Waals surface area contributed by atoms with Crippen molar-refractivity contribution in [2.45, 2.75) is 40.7 Å². The minimum absolute atomic E-state index is 0.213. The van der Waals surface area contributed by atoms with Crippen molar-refractivity contribution in [3.05, 3.63) is 64.9 Å². The number of nitrogens with zero attached hydrogens (tertiary/aromatic N) is 3. The molecule has 6 nitrogen and oxygen atoms in total. The summed E-state index contributed by atoms with van der Waals surface area (Å²) >= 11 is 0. The third-order valence-electron chi connectivity index (χ3n) is 6.75. The van der Waals surface area contributed by atoms with Crippen LogP contribution in [0.25, 0.3) is 5.57 Å². The van der Waals surface area contributed by atoms with Crippen molar-refractivity contribution in [1.29, 1.82) is 0 Å². The maximum Gasteiger partial charge on any atom is 0.278 e. The predicted octanol–water partition coefficient (Wildman–Crippen LogP) is 4.05. The molecule has 0 spiro atoms. The molecule has 1 N–H and O–H groups in total. The summed E-state index contributed by atoms with van der Waals surface area (Å²) in [6.45, 7) is 15.3. The van der Waals surface area contributed by atoms with E-state index in [-0.39, 0.29) is 17.9 Å². The number of anilines is 2. The number of imide groups is 1. The zero-order chi connectivity index (χ0) is 23.7. The minimum atomic E-state index is -0.275. The summed E-state index contributed by atoms with van der Waals surface area (Å²) in [4.78, 5) is 32.7. The van der Waals surface area contributed by atoms with E-state index in [0.717, 1.165) is 55.1 Å². The molecule has 0 aromatic heterocycles. The van der Waals surface area contributed by atoms with Crippen LogP contribution in [0.1, 0.15) is 37.5 Å². The van der Waals surface area contributed by atoms with E-state index in [2.05, 4.69) is 34.2 Å². The van der Waals surface area contributed by atoms with Gasteiger partial charge in [0.05, 0.1) is 5.57 Å². The lowest BCUT2D eigenvalue weighted by Crippen LogP contribution is -2.46. The van der Waals surface area contributed by atoms with Crippen LogP contribution < -0.4 is 10.2 Å². The number of carbonyl (C=O) groups is 2. The molecular formula is C27H34N4O2. The van der Waals surface area contributed by atoms with Gasteiger partial charge >= 0.3 is 0 Å². The smallest absolute Gasteiger partial charge is 0.278 e. The minimum Gasteiger partial charge on any atom is -0.369 e. The van der Waals surface area contributed by atoms with Crippen molar-refractivity contribution in [1.82, 2.24) is 9.80 Å².